The minimum atomic E-state index is 0. The van der Waals surface area contributed by atoms with E-state index in [1.54, 1.807) is 18.6 Å². The molecule has 3 aromatic heterocycles. The Bertz CT molecular complexity index is 1040. The van der Waals surface area contributed by atoms with Crippen LogP contribution in [0.4, 0.5) is 0 Å². The Kier molecular flexibility index (Phi) is 7.38. The van der Waals surface area contributed by atoms with Crippen molar-refractivity contribution >= 4 is 10.9 Å². The molecule has 5 rings (SSSR count). The molecule has 0 aliphatic rings. The maximum atomic E-state index is 4.33. The SMILES string of the molecule is [Pt+2].[c-]1c(-c2ccccn2)cccc1-c1ccccn1.[c-]1cccc2cccnc12. The van der Waals surface area contributed by atoms with Gasteiger partial charge in [0, 0.05) is 30.0 Å². The molecular formula is C25H17N3Pt. The average molecular weight is 555 g/mol. The van der Waals surface area contributed by atoms with E-state index in [1.807, 2.05) is 84.9 Å². The zero-order valence-corrected chi connectivity index (χ0v) is 17.7. The van der Waals surface area contributed by atoms with Gasteiger partial charge in [-0.3, -0.25) is 15.0 Å². The molecule has 0 N–H and O–H groups in total. The van der Waals surface area contributed by atoms with Crippen LogP contribution in [-0.4, -0.2) is 15.0 Å². The molecule has 5 aromatic rings. The van der Waals surface area contributed by atoms with Crippen molar-refractivity contribution in [3.05, 3.63) is 116 Å². The summed E-state index contributed by atoms with van der Waals surface area (Å²) in [7, 11) is 0. The molecule has 0 fully saturated rings. The number of hydrogen-bond acceptors (Lipinski definition) is 3. The van der Waals surface area contributed by atoms with Crippen LogP contribution < -0.4 is 0 Å². The van der Waals surface area contributed by atoms with Gasteiger partial charge in [-0.1, -0.05) is 41.5 Å². The molecule has 0 aliphatic carbocycles. The molecule has 0 bridgehead atoms. The maximum Gasteiger partial charge on any atom is 2.00 e. The normalized spacial score (nSPS) is 9.79. The van der Waals surface area contributed by atoms with Gasteiger partial charge in [-0.05, 0) is 17.6 Å². The van der Waals surface area contributed by atoms with Gasteiger partial charge < -0.3 is 0 Å². The Morgan fingerprint density at radius 1 is 0.552 bits per heavy atom. The van der Waals surface area contributed by atoms with Crippen LogP contribution in [-0.2, 0) is 21.1 Å². The Balaban J connectivity index is 0.000000186. The topological polar surface area (TPSA) is 38.7 Å². The first-order valence-electron chi connectivity index (χ1n) is 8.97. The molecule has 0 saturated carbocycles. The van der Waals surface area contributed by atoms with E-state index >= 15 is 0 Å². The number of aromatic nitrogens is 3. The number of hydrogen-bond donors (Lipinski definition) is 0. The van der Waals surface area contributed by atoms with Crippen LogP contribution in [0.25, 0.3) is 33.4 Å². The van der Waals surface area contributed by atoms with E-state index in [0.29, 0.717) is 0 Å². The molecule has 2 aromatic carbocycles. The molecular weight excluding hydrogens is 537 g/mol. The van der Waals surface area contributed by atoms with Gasteiger partial charge in [-0.25, -0.2) is 0 Å². The van der Waals surface area contributed by atoms with Gasteiger partial charge in [0.25, 0.3) is 0 Å². The van der Waals surface area contributed by atoms with Crippen LogP contribution >= 0.6 is 0 Å². The second-order valence-corrected chi connectivity index (χ2v) is 6.02. The van der Waals surface area contributed by atoms with E-state index in [1.165, 1.54) is 0 Å². The number of benzene rings is 2. The van der Waals surface area contributed by atoms with Gasteiger partial charge in [0.05, 0.1) is 0 Å². The van der Waals surface area contributed by atoms with Crippen molar-refractivity contribution in [1.82, 2.24) is 15.0 Å². The van der Waals surface area contributed by atoms with E-state index in [0.717, 1.165) is 33.4 Å². The zero-order chi connectivity index (χ0) is 19.0. The number of rotatable bonds is 2. The minimum absolute atomic E-state index is 0. The average Bonchev–Trinajstić information content (AvgIpc) is 2.81. The van der Waals surface area contributed by atoms with Crippen LogP contribution in [0, 0.1) is 12.1 Å². The van der Waals surface area contributed by atoms with Crippen molar-refractivity contribution in [2.75, 3.05) is 0 Å². The molecule has 3 heterocycles. The molecule has 0 unspecified atom stereocenters. The first-order chi connectivity index (χ1) is 13.9. The van der Waals surface area contributed by atoms with Gasteiger partial charge in [0.15, 0.2) is 0 Å². The molecule has 0 aliphatic heterocycles. The molecule has 0 radical (unpaired) electrons. The Morgan fingerprint density at radius 3 is 1.76 bits per heavy atom. The van der Waals surface area contributed by atoms with Crippen LogP contribution in [0.3, 0.4) is 0 Å². The second kappa shape index (κ2) is 10.4. The van der Waals surface area contributed by atoms with Gasteiger partial charge in [-0.2, -0.15) is 24.3 Å². The monoisotopic (exact) mass is 554 g/mol. The molecule has 142 valence electrons. The quantitative estimate of drug-likeness (QED) is 0.265. The smallest absolute Gasteiger partial charge is 0.295 e. The van der Waals surface area contributed by atoms with Crippen molar-refractivity contribution in [1.29, 1.82) is 0 Å². The summed E-state index contributed by atoms with van der Waals surface area (Å²) >= 11 is 0. The first-order valence-corrected chi connectivity index (χ1v) is 8.97. The molecule has 3 nitrogen and oxygen atoms in total. The fraction of sp³-hybridized carbons (Fsp3) is 0. The second-order valence-electron chi connectivity index (χ2n) is 6.02. The Labute approximate surface area is 184 Å². The van der Waals surface area contributed by atoms with Gasteiger partial charge in [-0.15, -0.1) is 35.7 Å². The third kappa shape index (κ3) is 5.43. The zero-order valence-electron chi connectivity index (χ0n) is 15.5. The number of fused-ring (bicyclic) bond motifs is 1. The van der Waals surface area contributed by atoms with Crippen molar-refractivity contribution in [3.8, 4) is 22.5 Å². The minimum Gasteiger partial charge on any atom is -0.295 e. The largest absolute Gasteiger partial charge is 2.00 e. The first kappa shape index (κ1) is 20.6. The van der Waals surface area contributed by atoms with Gasteiger partial charge in [0.2, 0.25) is 0 Å². The summed E-state index contributed by atoms with van der Waals surface area (Å²) in [6, 6.07) is 34.0. The molecule has 0 amide bonds. The molecule has 0 atom stereocenters. The summed E-state index contributed by atoms with van der Waals surface area (Å²) in [5, 5.41) is 1.14. The Morgan fingerprint density at radius 2 is 1.17 bits per heavy atom. The van der Waals surface area contributed by atoms with E-state index in [2.05, 4.69) is 27.1 Å². The number of nitrogens with zero attached hydrogens (tertiary/aromatic N) is 3. The molecule has 4 heteroatoms. The summed E-state index contributed by atoms with van der Waals surface area (Å²) in [6.07, 6.45) is 5.35. The van der Waals surface area contributed by atoms with Crippen LogP contribution in [0.5, 0.6) is 0 Å². The fourth-order valence-corrected chi connectivity index (χ4v) is 2.76. The summed E-state index contributed by atoms with van der Waals surface area (Å²) < 4.78 is 0. The van der Waals surface area contributed by atoms with Crippen molar-refractivity contribution in [2.24, 2.45) is 0 Å². The summed E-state index contributed by atoms with van der Waals surface area (Å²) in [5.41, 5.74) is 4.76. The predicted octanol–water partition coefficient (Wildman–Crippen LogP) is 5.64. The van der Waals surface area contributed by atoms with E-state index in [-0.39, 0.29) is 21.1 Å². The van der Waals surface area contributed by atoms with Crippen LogP contribution in [0.15, 0.2) is 104 Å². The van der Waals surface area contributed by atoms with Gasteiger partial charge in [0.1, 0.15) is 0 Å². The maximum absolute atomic E-state index is 4.33. The summed E-state index contributed by atoms with van der Waals surface area (Å²) in [6.45, 7) is 0. The number of pyridine rings is 3. The predicted molar refractivity (Wildman–Crippen MR) is 112 cm³/mol. The van der Waals surface area contributed by atoms with Crippen LogP contribution in [0.2, 0.25) is 0 Å². The standard InChI is InChI=1S/C16H11N2.C9H6N.Pt/c1-3-10-17-15(8-1)13-6-5-7-14(12-13)16-9-2-4-11-18-16;1-2-6-9-8(4-1)5-3-7-10-9;/h1-11H;1-5,7H;/q2*-1;+2. The summed E-state index contributed by atoms with van der Waals surface area (Å²) in [4.78, 5) is 12.8. The summed E-state index contributed by atoms with van der Waals surface area (Å²) in [5.74, 6) is 0. The van der Waals surface area contributed by atoms with E-state index in [9.17, 15) is 0 Å². The third-order valence-electron chi connectivity index (χ3n) is 4.11. The molecule has 29 heavy (non-hydrogen) atoms. The van der Waals surface area contributed by atoms with Gasteiger partial charge >= 0.3 is 21.1 Å². The molecule has 0 spiro atoms. The van der Waals surface area contributed by atoms with Crippen molar-refractivity contribution in [2.45, 2.75) is 0 Å². The van der Waals surface area contributed by atoms with Crippen LogP contribution in [0.1, 0.15) is 0 Å². The van der Waals surface area contributed by atoms with E-state index < -0.39 is 0 Å². The van der Waals surface area contributed by atoms with Crippen molar-refractivity contribution < 1.29 is 21.1 Å². The Hall–Kier alpha value is -3.16. The number of para-hydroxylation sites is 1. The molecule has 0 saturated heterocycles. The fourth-order valence-electron chi connectivity index (χ4n) is 2.76. The van der Waals surface area contributed by atoms with Crippen molar-refractivity contribution in [3.63, 3.8) is 0 Å². The van der Waals surface area contributed by atoms with E-state index in [4.69, 9.17) is 0 Å². The third-order valence-corrected chi connectivity index (χ3v) is 4.11.